The Morgan fingerprint density at radius 3 is 2.30 bits per heavy atom. The van der Waals surface area contributed by atoms with E-state index >= 15 is 0 Å². The van der Waals surface area contributed by atoms with Crippen molar-refractivity contribution in [2.24, 2.45) is 5.14 Å². The summed E-state index contributed by atoms with van der Waals surface area (Å²) in [5.74, 6) is 0.753. The summed E-state index contributed by atoms with van der Waals surface area (Å²) in [4.78, 5) is 8.89. The van der Waals surface area contributed by atoms with Crippen molar-refractivity contribution in [1.29, 1.82) is 0 Å². The first-order valence-corrected chi connectivity index (χ1v) is 9.62. The molecule has 136 valence electrons. The van der Waals surface area contributed by atoms with Crippen LogP contribution in [0.1, 0.15) is 0 Å². The number of aromatic nitrogens is 3. The number of methoxy groups -OCH3 is 1. The fraction of sp³-hybridized carbons (Fsp3) is 0.0526. The number of nitrogens with zero attached hydrogens (tertiary/aromatic N) is 3. The Bertz CT molecular complexity index is 1210. The number of sulfonamides is 1. The summed E-state index contributed by atoms with van der Waals surface area (Å²) in [6.45, 7) is 0. The normalized spacial score (nSPS) is 11.6. The van der Waals surface area contributed by atoms with E-state index in [-0.39, 0.29) is 4.90 Å². The van der Waals surface area contributed by atoms with Gasteiger partial charge in [0, 0.05) is 23.5 Å². The van der Waals surface area contributed by atoms with Gasteiger partial charge in [0.25, 0.3) is 0 Å². The van der Waals surface area contributed by atoms with Crippen LogP contribution in [0.3, 0.4) is 0 Å². The van der Waals surface area contributed by atoms with E-state index in [4.69, 9.17) is 14.9 Å². The molecule has 0 aliphatic carbocycles. The monoisotopic (exact) mass is 380 g/mol. The zero-order valence-corrected chi connectivity index (χ0v) is 15.2. The van der Waals surface area contributed by atoms with Gasteiger partial charge in [0.05, 0.1) is 29.6 Å². The van der Waals surface area contributed by atoms with E-state index in [2.05, 4.69) is 4.98 Å². The molecule has 7 nitrogen and oxygen atoms in total. The molecular formula is C19H16N4O3S. The molecule has 4 rings (SSSR count). The van der Waals surface area contributed by atoms with Gasteiger partial charge >= 0.3 is 0 Å². The topological polar surface area (TPSA) is 99.6 Å². The Labute approximate surface area is 156 Å². The van der Waals surface area contributed by atoms with Gasteiger partial charge < -0.3 is 4.74 Å². The van der Waals surface area contributed by atoms with Crippen LogP contribution in [0, 0.1) is 0 Å². The Hall–Kier alpha value is -3.23. The molecule has 2 aromatic heterocycles. The van der Waals surface area contributed by atoms with Crippen LogP contribution >= 0.6 is 0 Å². The molecule has 2 N–H and O–H groups in total. The molecule has 2 heterocycles. The number of imidazole rings is 1. The minimum atomic E-state index is -3.75. The lowest BCUT2D eigenvalue weighted by Gasteiger charge is -2.07. The standard InChI is InChI=1S/C19H16N4O3S/c1-26-15-6-2-13(3-7-15)18-19(23-11-10-21-12-17(23)22-18)14-4-8-16(9-5-14)27(20,24)25/h2-12H,1H3,(H2,20,24,25). The molecule has 0 saturated carbocycles. The number of benzene rings is 2. The van der Waals surface area contributed by atoms with Crippen LogP contribution in [-0.4, -0.2) is 29.9 Å². The van der Waals surface area contributed by atoms with Gasteiger partial charge in [-0.15, -0.1) is 0 Å². The molecular weight excluding hydrogens is 364 g/mol. The summed E-state index contributed by atoms with van der Waals surface area (Å²) in [7, 11) is -2.13. The van der Waals surface area contributed by atoms with Gasteiger partial charge in [-0.05, 0) is 36.4 Å². The van der Waals surface area contributed by atoms with Crippen molar-refractivity contribution >= 4 is 15.7 Å². The van der Waals surface area contributed by atoms with Gasteiger partial charge in [-0.2, -0.15) is 0 Å². The Kier molecular flexibility index (Phi) is 4.14. The van der Waals surface area contributed by atoms with Crippen LogP contribution in [-0.2, 0) is 10.0 Å². The van der Waals surface area contributed by atoms with Gasteiger partial charge in [0.1, 0.15) is 5.75 Å². The van der Waals surface area contributed by atoms with Crippen LogP contribution in [0.2, 0.25) is 0 Å². The summed E-state index contributed by atoms with van der Waals surface area (Å²) >= 11 is 0. The van der Waals surface area contributed by atoms with E-state index in [1.807, 2.05) is 34.9 Å². The maximum atomic E-state index is 11.5. The lowest BCUT2D eigenvalue weighted by Crippen LogP contribution is -2.11. The molecule has 0 saturated heterocycles. The third-order valence-electron chi connectivity index (χ3n) is 4.25. The molecule has 0 aliphatic rings. The van der Waals surface area contributed by atoms with Crippen LogP contribution in [0.15, 0.2) is 72.0 Å². The highest BCUT2D eigenvalue weighted by molar-refractivity contribution is 7.89. The lowest BCUT2D eigenvalue weighted by atomic mass is 10.0. The van der Waals surface area contributed by atoms with Crippen molar-refractivity contribution in [2.75, 3.05) is 7.11 Å². The fourth-order valence-corrected chi connectivity index (χ4v) is 3.45. The Morgan fingerprint density at radius 2 is 1.67 bits per heavy atom. The summed E-state index contributed by atoms with van der Waals surface area (Å²) in [5.41, 5.74) is 4.00. The van der Waals surface area contributed by atoms with Crippen molar-refractivity contribution in [2.45, 2.75) is 4.90 Å². The number of ether oxygens (including phenoxy) is 1. The van der Waals surface area contributed by atoms with E-state index in [0.717, 1.165) is 28.3 Å². The number of hydrogen-bond donors (Lipinski definition) is 1. The summed E-state index contributed by atoms with van der Waals surface area (Å²) in [5, 5.41) is 5.20. The fourth-order valence-electron chi connectivity index (χ4n) is 2.94. The quantitative estimate of drug-likeness (QED) is 0.587. The van der Waals surface area contributed by atoms with Gasteiger partial charge in [-0.3, -0.25) is 9.38 Å². The molecule has 0 aliphatic heterocycles. The average Bonchev–Trinajstić information content (AvgIpc) is 3.07. The first-order valence-electron chi connectivity index (χ1n) is 8.07. The molecule has 0 spiro atoms. The Balaban J connectivity index is 1.93. The molecule has 0 fully saturated rings. The molecule has 4 aromatic rings. The lowest BCUT2D eigenvalue weighted by molar-refractivity contribution is 0.415. The van der Waals surface area contributed by atoms with E-state index in [9.17, 15) is 8.42 Å². The molecule has 0 radical (unpaired) electrons. The average molecular weight is 380 g/mol. The van der Waals surface area contributed by atoms with E-state index < -0.39 is 10.0 Å². The zero-order valence-electron chi connectivity index (χ0n) is 14.4. The SMILES string of the molecule is COc1ccc(-c2nc3cnccn3c2-c2ccc(S(N)(=O)=O)cc2)cc1. The van der Waals surface area contributed by atoms with Crippen molar-refractivity contribution in [3.05, 3.63) is 67.1 Å². The van der Waals surface area contributed by atoms with Crippen molar-refractivity contribution in [1.82, 2.24) is 14.4 Å². The molecule has 0 amide bonds. The zero-order chi connectivity index (χ0) is 19.0. The first kappa shape index (κ1) is 17.2. The summed E-state index contributed by atoms with van der Waals surface area (Å²) in [6, 6.07) is 14.0. The van der Waals surface area contributed by atoms with Crippen molar-refractivity contribution < 1.29 is 13.2 Å². The highest BCUT2D eigenvalue weighted by Crippen LogP contribution is 2.33. The van der Waals surface area contributed by atoms with Crippen LogP contribution in [0.4, 0.5) is 0 Å². The number of fused-ring (bicyclic) bond motifs is 1. The van der Waals surface area contributed by atoms with Crippen LogP contribution in [0.25, 0.3) is 28.2 Å². The second-order valence-corrected chi connectivity index (χ2v) is 7.47. The third kappa shape index (κ3) is 3.16. The van der Waals surface area contributed by atoms with Crippen LogP contribution in [0.5, 0.6) is 5.75 Å². The molecule has 0 unspecified atom stereocenters. The van der Waals surface area contributed by atoms with E-state index in [1.165, 1.54) is 12.1 Å². The van der Waals surface area contributed by atoms with Gasteiger partial charge in [0.2, 0.25) is 10.0 Å². The predicted molar refractivity (Wildman–Crippen MR) is 102 cm³/mol. The minimum absolute atomic E-state index is 0.0627. The van der Waals surface area contributed by atoms with Gasteiger partial charge in [0.15, 0.2) is 5.65 Å². The maximum Gasteiger partial charge on any atom is 0.238 e. The van der Waals surface area contributed by atoms with Crippen LogP contribution < -0.4 is 9.88 Å². The second kappa shape index (κ2) is 6.49. The second-order valence-electron chi connectivity index (χ2n) is 5.91. The number of rotatable bonds is 4. The minimum Gasteiger partial charge on any atom is -0.497 e. The smallest absolute Gasteiger partial charge is 0.238 e. The summed E-state index contributed by atoms with van der Waals surface area (Å²) < 4.78 is 30.2. The maximum absolute atomic E-state index is 11.5. The van der Waals surface area contributed by atoms with E-state index in [1.54, 1.807) is 31.6 Å². The molecule has 8 heteroatoms. The molecule has 0 atom stereocenters. The summed E-state index contributed by atoms with van der Waals surface area (Å²) in [6.07, 6.45) is 5.17. The number of hydrogen-bond acceptors (Lipinski definition) is 5. The largest absolute Gasteiger partial charge is 0.497 e. The molecule has 2 aromatic carbocycles. The third-order valence-corrected chi connectivity index (χ3v) is 5.18. The highest BCUT2D eigenvalue weighted by atomic mass is 32.2. The van der Waals surface area contributed by atoms with Crippen molar-refractivity contribution in [3.8, 4) is 28.3 Å². The molecule has 27 heavy (non-hydrogen) atoms. The number of primary sulfonamides is 1. The van der Waals surface area contributed by atoms with Gasteiger partial charge in [-0.1, -0.05) is 12.1 Å². The highest BCUT2D eigenvalue weighted by Gasteiger charge is 2.17. The number of nitrogens with two attached hydrogens (primary N) is 1. The van der Waals surface area contributed by atoms with Crippen molar-refractivity contribution in [3.63, 3.8) is 0 Å². The predicted octanol–water partition coefficient (Wildman–Crippen LogP) is 2.72. The Morgan fingerprint density at radius 1 is 1.00 bits per heavy atom. The first-order chi connectivity index (χ1) is 13.0. The van der Waals surface area contributed by atoms with E-state index in [0.29, 0.717) is 5.65 Å². The molecule has 0 bridgehead atoms. The van der Waals surface area contributed by atoms with Gasteiger partial charge in [-0.25, -0.2) is 18.5 Å².